The summed E-state index contributed by atoms with van der Waals surface area (Å²) in [7, 11) is 0. The Morgan fingerprint density at radius 3 is 2.36 bits per heavy atom. The normalized spacial score (nSPS) is 12.0. The molecule has 0 aromatic heterocycles. The largest absolute Gasteiger partial charge is 0.493 e. The van der Waals surface area contributed by atoms with Crippen LogP contribution in [0.15, 0.2) is 24.3 Å². The van der Waals surface area contributed by atoms with Crippen molar-refractivity contribution in [3.05, 3.63) is 29.8 Å². The van der Waals surface area contributed by atoms with Gasteiger partial charge < -0.3 is 15.2 Å². The molecule has 1 amide bonds. The van der Waals surface area contributed by atoms with Crippen LogP contribution in [-0.4, -0.2) is 30.1 Å². The molecule has 0 spiro atoms. The summed E-state index contributed by atoms with van der Waals surface area (Å²) < 4.78 is 5.55. The standard InChI is InChI=1S/C17H25NO4/c1-4-5-14(17(20)21)10-18-16(19)13-6-8-15(9-7-13)22-11-12(2)3/h6-9,12,14H,4-5,10-11H2,1-3H3,(H,18,19)(H,20,21). The fraction of sp³-hybridized carbons (Fsp3) is 0.529. The van der Waals surface area contributed by atoms with E-state index in [4.69, 9.17) is 9.84 Å². The fourth-order valence-corrected chi connectivity index (χ4v) is 1.94. The number of hydrogen-bond acceptors (Lipinski definition) is 3. The second kappa shape index (κ2) is 9.07. The van der Waals surface area contributed by atoms with Crippen LogP contribution in [0.3, 0.4) is 0 Å². The molecular formula is C17H25NO4. The third kappa shape index (κ3) is 6.16. The van der Waals surface area contributed by atoms with Gasteiger partial charge in [-0.05, 0) is 36.6 Å². The van der Waals surface area contributed by atoms with Crippen molar-refractivity contribution in [3.8, 4) is 5.75 Å². The first-order valence-corrected chi connectivity index (χ1v) is 7.67. The van der Waals surface area contributed by atoms with Crippen molar-refractivity contribution in [1.82, 2.24) is 5.32 Å². The summed E-state index contributed by atoms with van der Waals surface area (Å²) in [5, 5.41) is 11.7. The Morgan fingerprint density at radius 2 is 1.86 bits per heavy atom. The van der Waals surface area contributed by atoms with Gasteiger partial charge in [-0.15, -0.1) is 0 Å². The molecule has 1 atom stereocenters. The molecule has 0 bridgehead atoms. The molecule has 1 aromatic rings. The van der Waals surface area contributed by atoms with Gasteiger partial charge in [0.25, 0.3) is 5.91 Å². The van der Waals surface area contributed by atoms with E-state index in [0.717, 1.165) is 12.2 Å². The van der Waals surface area contributed by atoms with Gasteiger partial charge in [0.15, 0.2) is 0 Å². The lowest BCUT2D eigenvalue weighted by Crippen LogP contribution is -2.32. The highest BCUT2D eigenvalue weighted by atomic mass is 16.5. The van der Waals surface area contributed by atoms with Crippen LogP contribution in [0.4, 0.5) is 0 Å². The summed E-state index contributed by atoms with van der Waals surface area (Å²) in [5.41, 5.74) is 0.498. The van der Waals surface area contributed by atoms with Gasteiger partial charge in [-0.2, -0.15) is 0 Å². The first-order chi connectivity index (χ1) is 10.4. The summed E-state index contributed by atoms with van der Waals surface area (Å²) in [6, 6.07) is 6.86. The van der Waals surface area contributed by atoms with Crippen LogP contribution in [0.2, 0.25) is 0 Å². The first-order valence-electron chi connectivity index (χ1n) is 7.67. The minimum Gasteiger partial charge on any atom is -0.493 e. The zero-order valence-electron chi connectivity index (χ0n) is 13.5. The van der Waals surface area contributed by atoms with E-state index in [1.54, 1.807) is 24.3 Å². The highest BCUT2D eigenvalue weighted by Crippen LogP contribution is 2.13. The van der Waals surface area contributed by atoms with Gasteiger partial charge in [-0.1, -0.05) is 27.2 Å². The molecule has 122 valence electrons. The average molecular weight is 307 g/mol. The Labute approximate surface area is 131 Å². The van der Waals surface area contributed by atoms with Crippen LogP contribution >= 0.6 is 0 Å². The van der Waals surface area contributed by atoms with Crippen LogP contribution in [0.1, 0.15) is 44.0 Å². The molecule has 1 unspecified atom stereocenters. The Bertz CT molecular complexity index is 482. The molecular weight excluding hydrogens is 282 g/mol. The van der Waals surface area contributed by atoms with Crippen molar-refractivity contribution >= 4 is 11.9 Å². The Kier molecular flexibility index (Phi) is 7.43. The van der Waals surface area contributed by atoms with Crippen molar-refractivity contribution < 1.29 is 19.4 Å². The molecule has 0 aliphatic carbocycles. The Hall–Kier alpha value is -2.04. The van der Waals surface area contributed by atoms with Crippen molar-refractivity contribution in [1.29, 1.82) is 0 Å². The van der Waals surface area contributed by atoms with E-state index in [1.165, 1.54) is 0 Å². The number of carboxylic acid groups (broad SMARTS) is 1. The van der Waals surface area contributed by atoms with Crippen molar-refractivity contribution in [2.75, 3.05) is 13.2 Å². The second-order valence-electron chi connectivity index (χ2n) is 5.76. The highest BCUT2D eigenvalue weighted by Gasteiger charge is 2.17. The van der Waals surface area contributed by atoms with Gasteiger partial charge in [0.05, 0.1) is 12.5 Å². The van der Waals surface area contributed by atoms with Gasteiger partial charge in [0.2, 0.25) is 0 Å². The molecule has 1 rings (SSSR count). The van der Waals surface area contributed by atoms with Crippen molar-refractivity contribution in [2.45, 2.75) is 33.6 Å². The number of carboxylic acids is 1. The topological polar surface area (TPSA) is 75.6 Å². The van der Waals surface area contributed by atoms with Crippen molar-refractivity contribution in [3.63, 3.8) is 0 Å². The minimum absolute atomic E-state index is 0.146. The molecule has 0 aliphatic rings. The zero-order chi connectivity index (χ0) is 16.5. The number of carbonyl (C=O) groups excluding carboxylic acids is 1. The molecule has 2 N–H and O–H groups in total. The van der Waals surface area contributed by atoms with E-state index in [0.29, 0.717) is 24.5 Å². The Morgan fingerprint density at radius 1 is 1.23 bits per heavy atom. The van der Waals surface area contributed by atoms with Gasteiger partial charge in [0.1, 0.15) is 5.75 Å². The smallest absolute Gasteiger partial charge is 0.308 e. The number of ether oxygens (including phenoxy) is 1. The molecule has 0 aliphatic heterocycles. The molecule has 0 saturated heterocycles. The van der Waals surface area contributed by atoms with Crippen LogP contribution < -0.4 is 10.1 Å². The third-order valence-electron chi connectivity index (χ3n) is 3.20. The fourth-order valence-electron chi connectivity index (χ4n) is 1.94. The van der Waals surface area contributed by atoms with E-state index in [-0.39, 0.29) is 12.5 Å². The summed E-state index contributed by atoms with van der Waals surface area (Å²) in [6.45, 7) is 6.83. The second-order valence-corrected chi connectivity index (χ2v) is 5.76. The molecule has 0 saturated carbocycles. The number of amides is 1. The summed E-state index contributed by atoms with van der Waals surface area (Å²) in [5.74, 6) is -0.519. The SMILES string of the molecule is CCCC(CNC(=O)c1ccc(OCC(C)C)cc1)C(=O)O. The Balaban J connectivity index is 2.53. The van der Waals surface area contributed by atoms with Gasteiger partial charge >= 0.3 is 5.97 Å². The van der Waals surface area contributed by atoms with Crippen LogP contribution in [0, 0.1) is 11.8 Å². The molecule has 5 nitrogen and oxygen atoms in total. The zero-order valence-corrected chi connectivity index (χ0v) is 13.5. The van der Waals surface area contributed by atoms with Crippen LogP contribution in [0.5, 0.6) is 5.75 Å². The molecule has 0 fully saturated rings. The molecule has 0 heterocycles. The quantitative estimate of drug-likeness (QED) is 0.735. The van der Waals surface area contributed by atoms with E-state index in [1.807, 2.05) is 6.92 Å². The highest BCUT2D eigenvalue weighted by molar-refractivity contribution is 5.94. The average Bonchev–Trinajstić information content (AvgIpc) is 2.49. The molecule has 1 aromatic carbocycles. The van der Waals surface area contributed by atoms with Crippen LogP contribution in [0.25, 0.3) is 0 Å². The maximum absolute atomic E-state index is 12.0. The molecule has 22 heavy (non-hydrogen) atoms. The number of carbonyl (C=O) groups is 2. The maximum atomic E-state index is 12.0. The first kappa shape index (κ1) is 18.0. The predicted octanol–water partition coefficient (Wildman–Crippen LogP) is 2.95. The summed E-state index contributed by atoms with van der Waals surface area (Å²) >= 11 is 0. The summed E-state index contributed by atoms with van der Waals surface area (Å²) in [4.78, 5) is 23.1. The lowest BCUT2D eigenvalue weighted by Gasteiger charge is -2.13. The van der Waals surface area contributed by atoms with E-state index >= 15 is 0 Å². The van der Waals surface area contributed by atoms with Crippen LogP contribution in [-0.2, 0) is 4.79 Å². The predicted molar refractivity (Wildman–Crippen MR) is 85.1 cm³/mol. The number of hydrogen-bond donors (Lipinski definition) is 2. The van der Waals surface area contributed by atoms with Crippen molar-refractivity contribution in [2.24, 2.45) is 11.8 Å². The number of aliphatic carboxylic acids is 1. The van der Waals surface area contributed by atoms with E-state index < -0.39 is 11.9 Å². The monoisotopic (exact) mass is 307 g/mol. The minimum atomic E-state index is -0.875. The van der Waals surface area contributed by atoms with E-state index in [2.05, 4.69) is 19.2 Å². The van der Waals surface area contributed by atoms with Gasteiger partial charge in [-0.25, -0.2) is 0 Å². The van der Waals surface area contributed by atoms with Gasteiger partial charge in [-0.3, -0.25) is 9.59 Å². The molecule has 5 heteroatoms. The maximum Gasteiger partial charge on any atom is 0.308 e. The number of rotatable bonds is 9. The third-order valence-corrected chi connectivity index (χ3v) is 3.20. The summed E-state index contributed by atoms with van der Waals surface area (Å²) in [6.07, 6.45) is 1.33. The lowest BCUT2D eigenvalue weighted by molar-refractivity contribution is -0.141. The van der Waals surface area contributed by atoms with Gasteiger partial charge in [0, 0.05) is 12.1 Å². The number of nitrogens with one attached hydrogen (secondary N) is 1. The molecule has 0 radical (unpaired) electrons. The van der Waals surface area contributed by atoms with E-state index in [9.17, 15) is 9.59 Å². The lowest BCUT2D eigenvalue weighted by atomic mass is 10.0. The number of benzene rings is 1.